The highest BCUT2D eigenvalue weighted by Gasteiger charge is 2.19. The number of nitrogens with one attached hydrogen (secondary N) is 1. The molecule has 1 unspecified atom stereocenters. The average Bonchev–Trinajstić information content (AvgIpc) is 2.48. The van der Waals surface area contributed by atoms with Gasteiger partial charge in [-0.2, -0.15) is 0 Å². The maximum Gasteiger partial charge on any atom is 0.122 e. The first kappa shape index (κ1) is 12.1. The highest BCUT2D eigenvalue weighted by atomic mass is 16.5. The van der Waals surface area contributed by atoms with Crippen molar-refractivity contribution < 1.29 is 4.74 Å². The smallest absolute Gasteiger partial charge is 0.122 e. The minimum absolute atomic E-state index is 0.631. The number of ether oxygens (including phenoxy) is 1. The van der Waals surface area contributed by atoms with Crippen molar-refractivity contribution >= 4 is 5.69 Å². The first-order valence-electron chi connectivity index (χ1n) is 6.80. The van der Waals surface area contributed by atoms with Gasteiger partial charge in [-0.25, -0.2) is 0 Å². The molecule has 2 aromatic rings. The van der Waals surface area contributed by atoms with Crippen molar-refractivity contribution in [3.05, 3.63) is 59.7 Å². The molecule has 2 aromatic carbocycles. The normalized spacial score (nSPS) is 17.4. The van der Waals surface area contributed by atoms with Gasteiger partial charge in [0, 0.05) is 12.2 Å². The maximum atomic E-state index is 5.44. The lowest BCUT2D eigenvalue weighted by molar-refractivity contribution is 0.404. The third-order valence-electron chi connectivity index (χ3n) is 3.81. The molecule has 0 spiro atoms. The van der Waals surface area contributed by atoms with E-state index in [4.69, 9.17) is 4.74 Å². The number of para-hydroxylation sites is 2. The van der Waals surface area contributed by atoms with E-state index in [1.165, 1.54) is 16.8 Å². The average molecular weight is 253 g/mol. The fraction of sp³-hybridized carbons (Fsp3) is 0.294. The topological polar surface area (TPSA) is 21.3 Å². The second-order valence-electron chi connectivity index (χ2n) is 5.12. The van der Waals surface area contributed by atoms with Crippen molar-refractivity contribution in [3.8, 4) is 5.75 Å². The Balaban J connectivity index is 1.75. The number of benzene rings is 2. The number of hydrogen-bond donors (Lipinski definition) is 1. The van der Waals surface area contributed by atoms with Gasteiger partial charge in [-0.15, -0.1) is 0 Å². The van der Waals surface area contributed by atoms with Crippen LogP contribution in [0.4, 0.5) is 5.69 Å². The van der Waals surface area contributed by atoms with Crippen LogP contribution in [0, 0.1) is 5.92 Å². The van der Waals surface area contributed by atoms with E-state index in [0.717, 1.165) is 25.1 Å². The van der Waals surface area contributed by atoms with Gasteiger partial charge in [0.2, 0.25) is 0 Å². The van der Waals surface area contributed by atoms with Gasteiger partial charge < -0.3 is 10.1 Å². The van der Waals surface area contributed by atoms with Gasteiger partial charge in [0.15, 0.2) is 0 Å². The van der Waals surface area contributed by atoms with E-state index in [1.807, 2.05) is 12.1 Å². The molecule has 1 heterocycles. The summed E-state index contributed by atoms with van der Waals surface area (Å²) >= 11 is 0. The molecule has 0 amide bonds. The lowest BCUT2D eigenvalue weighted by atomic mass is 9.89. The van der Waals surface area contributed by atoms with Crippen LogP contribution in [0.3, 0.4) is 0 Å². The van der Waals surface area contributed by atoms with Crippen LogP contribution in [0.2, 0.25) is 0 Å². The van der Waals surface area contributed by atoms with Crippen LogP contribution >= 0.6 is 0 Å². The van der Waals surface area contributed by atoms with Gasteiger partial charge in [-0.3, -0.25) is 0 Å². The molecule has 0 radical (unpaired) electrons. The Hall–Kier alpha value is -1.96. The zero-order valence-electron chi connectivity index (χ0n) is 11.2. The summed E-state index contributed by atoms with van der Waals surface area (Å²) < 4.78 is 5.44. The van der Waals surface area contributed by atoms with E-state index in [9.17, 15) is 0 Å². The molecule has 1 aliphatic heterocycles. The lowest BCUT2D eigenvalue weighted by Crippen LogP contribution is -2.24. The minimum atomic E-state index is 0.631. The summed E-state index contributed by atoms with van der Waals surface area (Å²) in [4.78, 5) is 0. The molecule has 19 heavy (non-hydrogen) atoms. The lowest BCUT2D eigenvalue weighted by Gasteiger charge is -2.26. The molecule has 1 N–H and O–H groups in total. The molecule has 1 atom stereocenters. The largest absolute Gasteiger partial charge is 0.496 e. The summed E-state index contributed by atoms with van der Waals surface area (Å²) in [5.41, 5.74) is 4.02. The molecule has 0 aromatic heterocycles. The van der Waals surface area contributed by atoms with Crippen LogP contribution in [-0.4, -0.2) is 13.7 Å². The van der Waals surface area contributed by atoms with Crippen molar-refractivity contribution in [3.63, 3.8) is 0 Å². The highest BCUT2D eigenvalue weighted by Crippen LogP contribution is 2.28. The third kappa shape index (κ3) is 2.58. The van der Waals surface area contributed by atoms with E-state index < -0.39 is 0 Å². The quantitative estimate of drug-likeness (QED) is 0.903. The Bertz CT molecular complexity index is 565. The summed E-state index contributed by atoms with van der Waals surface area (Å²) in [6.07, 6.45) is 2.20. The zero-order valence-corrected chi connectivity index (χ0v) is 11.2. The second-order valence-corrected chi connectivity index (χ2v) is 5.12. The second kappa shape index (κ2) is 5.35. The molecular weight excluding hydrogens is 234 g/mol. The molecule has 0 saturated heterocycles. The Morgan fingerprint density at radius 2 is 1.89 bits per heavy atom. The van der Waals surface area contributed by atoms with Crippen molar-refractivity contribution in [2.75, 3.05) is 19.0 Å². The van der Waals surface area contributed by atoms with E-state index in [-0.39, 0.29) is 0 Å². The molecule has 2 heteroatoms. The summed E-state index contributed by atoms with van der Waals surface area (Å²) in [5, 5.41) is 3.53. The van der Waals surface area contributed by atoms with Crippen molar-refractivity contribution in [1.29, 1.82) is 0 Å². The van der Waals surface area contributed by atoms with Gasteiger partial charge in [0.05, 0.1) is 7.11 Å². The van der Waals surface area contributed by atoms with Crippen molar-refractivity contribution in [1.82, 2.24) is 0 Å². The molecule has 2 nitrogen and oxygen atoms in total. The molecule has 3 rings (SSSR count). The van der Waals surface area contributed by atoms with Crippen LogP contribution in [0.25, 0.3) is 0 Å². The number of anilines is 1. The Labute approximate surface area is 114 Å². The Morgan fingerprint density at radius 3 is 2.79 bits per heavy atom. The van der Waals surface area contributed by atoms with Gasteiger partial charge >= 0.3 is 0 Å². The van der Waals surface area contributed by atoms with E-state index in [2.05, 4.69) is 41.7 Å². The highest BCUT2D eigenvalue weighted by molar-refractivity contribution is 5.53. The predicted molar refractivity (Wildman–Crippen MR) is 78.8 cm³/mol. The SMILES string of the molecule is COc1ccccc1CC1CNc2ccccc2C1. The van der Waals surface area contributed by atoms with Crippen LogP contribution in [0.15, 0.2) is 48.5 Å². The van der Waals surface area contributed by atoms with E-state index in [0.29, 0.717) is 5.92 Å². The van der Waals surface area contributed by atoms with Gasteiger partial charge in [-0.05, 0) is 42.0 Å². The maximum absolute atomic E-state index is 5.44. The van der Waals surface area contributed by atoms with Crippen LogP contribution in [0.1, 0.15) is 11.1 Å². The van der Waals surface area contributed by atoms with Gasteiger partial charge in [0.1, 0.15) is 5.75 Å². The minimum Gasteiger partial charge on any atom is -0.496 e. The number of hydrogen-bond acceptors (Lipinski definition) is 2. The number of methoxy groups -OCH3 is 1. The predicted octanol–water partition coefficient (Wildman–Crippen LogP) is 3.52. The standard InChI is InChI=1S/C17H19NO/c1-19-17-9-5-3-7-15(17)11-13-10-14-6-2-4-8-16(14)18-12-13/h2-9,13,18H,10-12H2,1H3. The molecule has 0 fully saturated rings. The fourth-order valence-electron chi connectivity index (χ4n) is 2.84. The van der Waals surface area contributed by atoms with Crippen molar-refractivity contribution in [2.45, 2.75) is 12.8 Å². The summed E-state index contributed by atoms with van der Waals surface area (Å²) in [6.45, 7) is 1.04. The first-order chi connectivity index (χ1) is 9.36. The number of rotatable bonds is 3. The van der Waals surface area contributed by atoms with Gasteiger partial charge in [-0.1, -0.05) is 36.4 Å². The van der Waals surface area contributed by atoms with Crippen molar-refractivity contribution in [2.24, 2.45) is 5.92 Å². The van der Waals surface area contributed by atoms with E-state index >= 15 is 0 Å². The Kier molecular flexibility index (Phi) is 3.41. The third-order valence-corrected chi connectivity index (χ3v) is 3.81. The summed E-state index contributed by atoms with van der Waals surface area (Å²) in [6, 6.07) is 16.9. The zero-order chi connectivity index (χ0) is 13.1. The van der Waals surface area contributed by atoms with Crippen LogP contribution in [-0.2, 0) is 12.8 Å². The monoisotopic (exact) mass is 253 g/mol. The van der Waals surface area contributed by atoms with E-state index in [1.54, 1.807) is 7.11 Å². The first-order valence-corrected chi connectivity index (χ1v) is 6.80. The summed E-state index contributed by atoms with van der Waals surface area (Å²) in [7, 11) is 1.74. The molecule has 98 valence electrons. The molecule has 0 saturated carbocycles. The van der Waals surface area contributed by atoms with Gasteiger partial charge in [0.25, 0.3) is 0 Å². The molecule has 0 aliphatic carbocycles. The fourth-order valence-corrected chi connectivity index (χ4v) is 2.84. The molecule has 0 bridgehead atoms. The summed E-state index contributed by atoms with van der Waals surface area (Å²) in [5.74, 6) is 1.63. The number of fused-ring (bicyclic) bond motifs is 1. The van der Waals surface area contributed by atoms with Crippen LogP contribution < -0.4 is 10.1 Å². The molecule has 1 aliphatic rings. The Morgan fingerprint density at radius 1 is 1.11 bits per heavy atom. The molecular formula is C17H19NO. The van der Waals surface area contributed by atoms with Crippen LogP contribution in [0.5, 0.6) is 5.75 Å².